The molecule has 1 saturated carbocycles. The van der Waals surface area contributed by atoms with Crippen molar-refractivity contribution < 1.29 is 0 Å². The van der Waals surface area contributed by atoms with E-state index in [4.69, 9.17) is 6.42 Å². The Morgan fingerprint density at radius 2 is 1.65 bits per heavy atom. The van der Waals surface area contributed by atoms with E-state index in [0.29, 0.717) is 6.04 Å². The van der Waals surface area contributed by atoms with Gasteiger partial charge in [0.15, 0.2) is 0 Å². The van der Waals surface area contributed by atoms with Crippen LogP contribution >= 0.6 is 0 Å². The van der Waals surface area contributed by atoms with Gasteiger partial charge in [-0.1, -0.05) is 49.5 Å². The van der Waals surface area contributed by atoms with Gasteiger partial charge in [0.2, 0.25) is 0 Å². The van der Waals surface area contributed by atoms with Crippen molar-refractivity contribution in [3.05, 3.63) is 35.4 Å². The topological polar surface area (TPSA) is 3.24 Å². The molecule has 0 unspecified atom stereocenters. The summed E-state index contributed by atoms with van der Waals surface area (Å²) in [6.07, 6.45) is 16.4. The molecule has 0 amide bonds. The highest BCUT2D eigenvalue weighted by Gasteiger charge is 2.28. The highest BCUT2D eigenvalue weighted by atomic mass is 15.2. The molecular weight excluding hydrogens is 278 g/mol. The van der Waals surface area contributed by atoms with Gasteiger partial charge >= 0.3 is 0 Å². The molecule has 1 heteroatoms. The summed E-state index contributed by atoms with van der Waals surface area (Å²) in [5.74, 6) is 10.5. The summed E-state index contributed by atoms with van der Waals surface area (Å²) >= 11 is 0. The Kier molecular flexibility index (Phi) is 5.79. The summed E-state index contributed by atoms with van der Waals surface area (Å²) in [5.41, 5.74) is 1.97. The average Bonchev–Trinajstić information content (AvgIpc) is 2.64. The van der Waals surface area contributed by atoms with Crippen molar-refractivity contribution in [3.8, 4) is 24.2 Å². The van der Waals surface area contributed by atoms with Crippen molar-refractivity contribution in [2.45, 2.75) is 57.4 Å². The second-order valence-corrected chi connectivity index (χ2v) is 6.93. The summed E-state index contributed by atoms with van der Waals surface area (Å²) in [4.78, 5) is 2.65. The zero-order chi connectivity index (χ0) is 15.9. The third-order valence-electron chi connectivity index (χ3n) is 5.27. The van der Waals surface area contributed by atoms with E-state index in [1.54, 1.807) is 0 Å². The molecular formula is C22H27N. The number of hydrogen-bond acceptors (Lipinski definition) is 1. The Hall–Kier alpha value is -1.70. The summed E-state index contributed by atoms with van der Waals surface area (Å²) in [6.45, 7) is 2.44. The smallest absolute Gasteiger partial charge is 0.0746 e. The van der Waals surface area contributed by atoms with E-state index in [0.717, 1.165) is 17.0 Å². The van der Waals surface area contributed by atoms with Gasteiger partial charge in [0, 0.05) is 11.1 Å². The molecule has 3 rings (SSSR count). The minimum Gasteiger partial charge on any atom is -0.290 e. The maximum atomic E-state index is 5.50. The predicted molar refractivity (Wildman–Crippen MR) is 97.0 cm³/mol. The van der Waals surface area contributed by atoms with Crippen LogP contribution in [0.3, 0.4) is 0 Å². The summed E-state index contributed by atoms with van der Waals surface area (Å²) in [5, 5.41) is 0. The molecule has 2 fully saturated rings. The molecule has 0 aromatic heterocycles. The van der Waals surface area contributed by atoms with Crippen LogP contribution in [0.15, 0.2) is 24.3 Å². The molecule has 1 aliphatic heterocycles. The maximum absolute atomic E-state index is 5.50. The first-order valence-corrected chi connectivity index (χ1v) is 9.19. The molecule has 1 heterocycles. The molecule has 0 bridgehead atoms. The number of rotatable bonds is 2. The molecule has 1 nitrogen and oxygen atoms in total. The Morgan fingerprint density at radius 3 is 2.39 bits per heavy atom. The number of piperidine rings is 1. The molecule has 0 N–H and O–H groups in total. The van der Waals surface area contributed by atoms with E-state index in [1.807, 2.05) is 18.2 Å². The van der Waals surface area contributed by atoms with Crippen LogP contribution in [-0.4, -0.2) is 24.0 Å². The summed E-state index contributed by atoms with van der Waals surface area (Å²) in [6, 6.07) is 8.51. The Bertz CT molecular complexity index is 583. The number of likely N-dealkylation sites (tertiary alicyclic amines) is 1. The van der Waals surface area contributed by atoms with E-state index in [1.165, 1.54) is 64.5 Å². The van der Waals surface area contributed by atoms with Gasteiger partial charge in [-0.25, -0.2) is 0 Å². The van der Waals surface area contributed by atoms with Crippen LogP contribution in [0.25, 0.3) is 0 Å². The quantitative estimate of drug-likeness (QED) is 0.729. The monoisotopic (exact) mass is 305 g/mol. The molecule has 1 aromatic rings. The van der Waals surface area contributed by atoms with Gasteiger partial charge in [0.25, 0.3) is 0 Å². The van der Waals surface area contributed by atoms with Crippen LogP contribution < -0.4 is 0 Å². The van der Waals surface area contributed by atoms with Crippen molar-refractivity contribution in [1.29, 1.82) is 0 Å². The molecule has 0 radical (unpaired) electrons. The van der Waals surface area contributed by atoms with E-state index >= 15 is 0 Å². The molecule has 1 aliphatic carbocycles. The number of terminal acetylenes is 1. The second-order valence-electron chi connectivity index (χ2n) is 6.93. The second kappa shape index (κ2) is 8.24. The van der Waals surface area contributed by atoms with E-state index < -0.39 is 0 Å². The van der Waals surface area contributed by atoms with Gasteiger partial charge in [0.1, 0.15) is 0 Å². The van der Waals surface area contributed by atoms with Gasteiger partial charge in [-0.3, -0.25) is 4.90 Å². The van der Waals surface area contributed by atoms with Crippen molar-refractivity contribution in [2.24, 2.45) is 5.92 Å². The molecule has 23 heavy (non-hydrogen) atoms. The highest BCUT2D eigenvalue weighted by Crippen LogP contribution is 2.30. The first-order valence-electron chi connectivity index (χ1n) is 9.19. The maximum Gasteiger partial charge on any atom is 0.0746 e. The van der Waals surface area contributed by atoms with Gasteiger partial charge in [-0.15, -0.1) is 6.42 Å². The van der Waals surface area contributed by atoms with Gasteiger partial charge in [0.05, 0.1) is 6.04 Å². The lowest BCUT2D eigenvalue weighted by Crippen LogP contribution is -2.43. The lowest BCUT2D eigenvalue weighted by Gasteiger charge is -2.37. The van der Waals surface area contributed by atoms with Crippen LogP contribution in [-0.2, 0) is 0 Å². The fourth-order valence-corrected chi connectivity index (χ4v) is 4.00. The zero-order valence-corrected chi connectivity index (χ0v) is 14.1. The average molecular weight is 305 g/mol. The first-order chi connectivity index (χ1) is 11.4. The fourth-order valence-electron chi connectivity index (χ4n) is 4.00. The predicted octanol–water partition coefficient (Wildman–Crippen LogP) is 4.45. The van der Waals surface area contributed by atoms with Gasteiger partial charge in [-0.05, 0) is 62.9 Å². The normalized spacial score (nSPS) is 21.0. The molecule has 2 aliphatic rings. The minimum atomic E-state index is 0.435. The first kappa shape index (κ1) is 16.2. The lowest BCUT2D eigenvalue weighted by atomic mass is 9.82. The Balaban J connectivity index is 1.80. The van der Waals surface area contributed by atoms with Crippen LogP contribution in [0, 0.1) is 30.1 Å². The lowest BCUT2D eigenvalue weighted by molar-refractivity contribution is 0.133. The largest absolute Gasteiger partial charge is 0.290 e. The van der Waals surface area contributed by atoms with Crippen molar-refractivity contribution in [1.82, 2.24) is 4.90 Å². The standard InChI is InChI=1S/C22H27N/c1-2-19-10-9-11-20(18-19)14-15-22(21-12-5-3-6-13-21)23-16-7-4-8-17-23/h1,9-11,18,21-22H,3-8,12-13,16-17H2/t22-/m1/s1. The third-order valence-corrected chi connectivity index (χ3v) is 5.27. The number of hydrogen-bond donors (Lipinski definition) is 0. The van der Waals surface area contributed by atoms with Crippen LogP contribution in [0.1, 0.15) is 62.5 Å². The Labute approximate surface area is 141 Å². The molecule has 0 spiro atoms. The van der Waals surface area contributed by atoms with E-state index in [2.05, 4.69) is 28.7 Å². The fraction of sp³-hybridized carbons (Fsp3) is 0.545. The minimum absolute atomic E-state index is 0.435. The van der Waals surface area contributed by atoms with Crippen molar-refractivity contribution >= 4 is 0 Å². The van der Waals surface area contributed by atoms with Crippen molar-refractivity contribution in [3.63, 3.8) is 0 Å². The number of benzene rings is 1. The Morgan fingerprint density at radius 1 is 0.957 bits per heavy atom. The summed E-state index contributed by atoms with van der Waals surface area (Å²) in [7, 11) is 0. The van der Waals surface area contributed by atoms with Gasteiger partial charge < -0.3 is 0 Å². The van der Waals surface area contributed by atoms with Crippen LogP contribution in [0.5, 0.6) is 0 Å². The number of nitrogens with zero attached hydrogens (tertiary/aromatic N) is 1. The van der Waals surface area contributed by atoms with Gasteiger partial charge in [-0.2, -0.15) is 0 Å². The van der Waals surface area contributed by atoms with Crippen LogP contribution in [0.2, 0.25) is 0 Å². The highest BCUT2D eigenvalue weighted by molar-refractivity contribution is 5.43. The molecule has 1 aromatic carbocycles. The van der Waals surface area contributed by atoms with E-state index in [-0.39, 0.29) is 0 Å². The van der Waals surface area contributed by atoms with Crippen LogP contribution in [0.4, 0.5) is 0 Å². The zero-order valence-electron chi connectivity index (χ0n) is 14.1. The summed E-state index contributed by atoms with van der Waals surface area (Å²) < 4.78 is 0. The SMILES string of the molecule is C#Cc1cccc(C#C[C@H](C2CCCCC2)N2CCCCC2)c1. The molecule has 1 saturated heterocycles. The third kappa shape index (κ3) is 4.40. The van der Waals surface area contributed by atoms with E-state index in [9.17, 15) is 0 Å². The van der Waals surface area contributed by atoms with Crippen molar-refractivity contribution in [2.75, 3.05) is 13.1 Å². The molecule has 120 valence electrons. The molecule has 1 atom stereocenters.